The number of phenols is 1. The van der Waals surface area contributed by atoms with Crippen molar-refractivity contribution < 1.29 is 15.1 Å². The molecule has 76 valence electrons. The number of phenolic OH excluding ortho intramolecular Hbond substituents is 1. The second-order valence-electron chi connectivity index (χ2n) is 2.84. The molecule has 1 aromatic rings. The average molecular weight is 198 g/mol. The molecule has 1 aromatic carbocycles. The van der Waals surface area contributed by atoms with Crippen LogP contribution < -0.4 is 5.73 Å². The van der Waals surface area contributed by atoms with Gasteiger partial charge in [-0.3, -0.25) is 10.1 Å². The zero-order chi connectivity index (χ0) is 10.7. The summed E-state index contributed by atoms with van der Waals surface area (Å²) in [6.07, 6.45) is -1.16. The zero-order valence-electron chi connectivity index (χ0n) is 7.25. The van der Waals surface area contributed by atoms with Crippen LogP contribution in [0.4, 0.5) is 5.69 Å². The summed E-state index contributed by atoms with van der Waals surface area (Å²) in [5.74, 6) is -0.188. The minimum absolute atomic E-state index is 0.0173. The first-order chi connectivity index (χ1) is 6.50. The molecule has 0 bridgehead atoms. The van der Waals surface area contributed by atoms with Crippen LogP contribution in [-0.4, -0.2) is 21.4 Å². The van der Waals surface area contributed by atoms with E-state index in [9.17, 15) is 10.1 Å². The number of nitro groups is 1. The predicted octanol–water partition coefficient (Wildman–Crippen LogP) is 0.120. The van der Waals surface area contributed by atoms with Gasteiger partial charge in [-0.15, -0.1) is 0 Å². The van der Waals surface area contributed by atoms with Crippen molar-refractivity contribution in [3.63, 3.8) is 0 Å². The minimum Gasteiger partial charge on any atom is -0.508 e. The van der Waals surface area contributed by atoms with Crippen LogP contribution in [0.25, 0.3) is 0 Å². The van der Waals surface area contributed by atoms with Gasteiger partial charge in [0.25, 0.3) is 5.69 Å². The van der Waals surface area contributed by atoms with E-state index in [1.54, 1.807) is 0 Å². The molecule has 6 nitrogen and oxygen atoms in total. The van der Waals surface area contributed by atoms with Gasteiger partial charge in [-0.25, -0.2) is 0 Å². The van der Waals surface area contributed by atoms with Crippen LogP contribution >= 0.6 is 0 Å². The quantitative estimate of drug-likeness (QED) is 0.363. The molecule has 0 amide bonds. The molecule has 0 heterocycles. The van der Waals surface area contributed by atoms with E-state index in [0.29, 0.717) is 5.56 Å². The second-order valence-corrected chi connectivity index (χ2v) is 2.84. The minimum atomic E-state index is -1.14. The SMILES string of the molecule is NC(O)Cc1ccc(O)cc1[N+](=O)[O-]. The van der Waals surface area contributed by atoms with Gasteiger partial charge in [-0.2, -0.15) is 0 Å². The molecule has 4 N–H and O–H groups in total. The number of rotatable bonds is 3. The van der Waals surface area contributed by atoms with Crippen molar-refractivity contribution in [1.82, 2.24) is 0 Å². The summed E-state index contributed by atoms with van der Waals surface area (Å²) in [6, 6.07) is 3.70. The summed E-state index contributed by atoms with van der Waals surface area (Å²) in [5, 5.41) is 28.4. The lowest BCUT2D eigenvalue weighted by Crippen LogP contribution is -2.21. The van der Waals surface area contributed by atoms with Crippen molar-refractivity contribution in [2.45, 2.75) is 12.6 Å². The normalized spacial score (nSPS) is 12.4. The Labute approximate surface area is 79.7 Å². The number of nitrogens with two attached hydrogens (primary N) is 1. The van der Waals surface area contributed by atoms with Crippen molar-refractivity contribution >= 4 is 5.69 Å². The summed E-state index contributed by atoms with van der Waals surface area (Å²) in [5.41, 5.74) is 5.16. The molecule has 0 aliphatic heterocycles. The van der Waals surface area contributed by atoms with Crippen molar-refractivity contribution in [3.8, 4) is 5.75 Å². The first-order valence-corrected chi connectivity index (χ1v) is 3.90. The standard InChI is InChI=1S/C8H10N2O4/c9-8(12)3-5-1-2-6(11)4-7(5)10(13)14/h1-2,4,8,11-12H,3,9H2. The number of hydrogen-bond acceptors (Lipinski definition) is 5. The van der Waals surface area contributed by atoms with Gasteiger partial charge in [0, 0.05) is 12.0 Å². The number of aliphatic hydroxyl groups is 1. The lowest BCUT2D eigenvalue weighted by molar-refractivity contribution is -0.385. The van der Waals surface area contributed by atoms with Crippen molar-refractivity contribution in [2.24, 2.45) is 5.73 Å². The molecule has 0 spiro atoms. The maximum atomic E-state index is 10.5. The summed E-state index contributed by atoms with van der Waals surface area (Å²) in [7, 11) is 0. The number of benzene rings is 1. The topological polar surface area (TPSA) is 110 Å². The van der Waals surface area contributed by atoms with E-state index in [-0.39, 0.29) is 17.9 Å². The first kappa shape index (κ1) is 10.4. The summed E-state index contributed by atoms with van der Waals surface area (Å²) < 4.78 is 0. The molecule has 1 unspecified atom stereocenters. The largest absolute Gasteiger partial charge is 0.508 e. The highest BCUT2D eigenvalue weighted by Gasteiger charge is 2.15. The Morgan fingerprint density at radius 3 is 2.71 bits per heavy atom. The number of aromatic hydroxyl groups is 1. The Kier molecular flexibility index (Phi) is 3.00. The van der Waals surface area contributed by atoms with E-state index in [1.165, 1.54) is 12.1 Å². The molecule has 0 aromatic heterocycles. The van der Waals surface area contributed by atoms with Crippen molar-refractivity contribution in [1.29, 1.82) is 0 Å². The average Bonchev–Trinajstić information content (AvgIpc) is 2.07. The van der Waals surface area contributed by atoms with Crippen LogP contribution in [0, 0.1) is 10.1 Å². The fourth-order valence-electron chi connectivity index (χ4n) is 1.12. The van der Waals surface area contributed by atoms with Gasteiger partial charge in [0.2, 0.25) is 0 Å². The number of nitrogens with zero attached hydrogens (tertiary/aromatic N) is 1. The molecule has 0 aliphatic rings. The van der Waals surface area contributed by atoms with Gasteiger partial charge in [-0.05, 0) is 12.1 Å². The van der Waals surface area contributed by atoms with Crippen LogP contribution in [0.1, 0.15) is 5.56 Å². The third kappa shape index (κ3) is 2.41. The van der Waals surface area contributed by atoms with Gasteiger partial charge in [-0.1, -0.05) is 0 Å². The lowest BCUT2D eigenvalue weighted by Gasteiger charge is -2.05. The van der Waals surface area contributed by atoms with Gasteiger partial charge in [0.1, 0.15) is 12.0 Å². The fourth-order valence-corrected chi connectivity index (χ4v) is 1.12. The summed E-state index contributed by atoms with van der Waals surface area (Å²) in [6.45, 7) is 0. The van der Waals surface area contributed by atoms with E-state index in [0.717, 1.165) is 6.07 Å². The first-order valence-electron chi connectivity index (χ1n) is 3.90. The molecule has 14 heavy (non-hydrogen) atoms. The number of hydrogen-bond donors (Lipinski definition) is 3. The fraction of sp³-hybridized carbons (Fsp3) is 0.250. The van der Waals surface area contributed by atoms with E-state index in [2.05, 4.69) is 0 Å². The predicted molar refractivity (Wildman–Crippen MR) is 48.7 cm³/mol. The van der Waals surface area contributed by atoms with Gasteiger partial charge in [0.05, 0.1) is 11.0 Å². The van der Waals surface area contributed by atoms with Crippen molar-refractivity contribution in [2.75, 3.05) is 0 Å². The van der Waals surface area contributed by atoms with Gasteiger partial charge >= 0.3 is 0 Å². The Bertz CT molecular complexity index is 351. The van der Waals surface area contributed by atoms with Gasteiger partial charge < -0.3 is 15.9 Å². The highest BCUT2D eigenvalue weighted by Crippen LogP contribution is 2.24. The molecule has 6 heteroatoms. The third-order valence-corrected chi connectivity index (χ3v) is 1.69. The summed E-state index contributed by atoms with van der Waals surface area (Å²) >= 11 is 0. The van der Waals surface area contributed by atoms with Gasteiger partial charge in [0.15, 0.2) is 0 Å². The molecule has 0 saturated heterocycles. The molecule has 0 fully saturated rings. The van der Waals surface area contributed by atoms with Crippen LogP contribution in [-0.2, 0) is 6.42 Å². The number of aliphatic hydroxyl groups excluding tert-OH is 1. The van der Waals surface area contributed by atoms with E-state index in [4.69, 9.17) is 15.9 Å². The monoisotopic (exact) mass is 198 g/mol. The third-order valence-electron chi connectivity index (χ3n) is 1.69. The Morgan fingerprint density at radius 1 is 1.57 bits per heavy atom. The molecule has 1 rings (SSSR count). The van der Waals surface area contributed by atoms with Crippen LogP contribution in [0.3, 0.4) is 0 Å². The highest BCUT2D eigenvalue weighted by molar-refractivity contribution is 5.45. The Hall–Kier alpha value is -1.66. The highest BCUT2D eigenvalue weighted by atomic mass is 16.6. The molecular weight excluding hydrogens is 188 g/mol. The second kappa shape index (κ2) is 4.03. The molecule has 0 saturated carbocycles. The number of nitro benzene ring substituents is 1. The maximum absolute atomic E-state index is 10.5. The zero-order valence-corrected chi connectivity index (χ0v) is 7.25. The maximum Gasteiger partial charge on any atom is 0.276 e. The van der Waals surface area contributed by atoms with E-state index >= 15 is 0 Å². The van der Waals surface area contributed by atoms with E-state index in [1.807, 2.05) is 0 Å². The van der Waals surface area contributed by atoms with Crippen LogP contribution in [0.5, 0.6) is 5.75 Å². The molecule has 0 aliphatic carbocycles. The molecule has 0 radical (unpaired) electrons. The molecular formula is C8H10N2O4. The Morgan fingerprint density at radius 2 is 2.21 bits per heavy atom. The van der Waals surface area contributed by atoms with Crippen molar-refractivity contribution in [3.05, 3.63) is 33.9 Å². The summed E-state index contributed by atoms with van der Waals surface area (Å²) in [4.78, 5) is 9.90. The molecule has 1 atom stereocenters. The smallest absolute Gasteiger partial charge is 0.276 e. The van der Waals surface area contributed by atoms with E-state index < -0.39 is 11.2 Å². The van der Waals surface area contributed by atoms with Crippen LogP contribution in [0.15, 0.2) is 18.2 Å². The Balaban J connectivity index is 3.08. The van der Waals surface area contributed by atoms with Crippen LogP contribution in [0.2, 0.25) is 0 Å². The lowest BCUT2D eigenvalue weighted by atomic mass is 10.1.